The van der Waals surface area contributed by atoms with Gasteiger partial charge < -0.3 is 24.6 Å². The van der Waals surface area contributed by atoms with Gasteiger partial charge in [-0.2, -0.15) is 13.2 Å². The van der Waals surface area contributed by atoms with E-state index >= 15 is 0 Å². The standard InChI is InChI=1S/C18H31F3N4O3.HI/c1-22-17(23-11-16(26)24(2)13-18(19,20)21)25-8-6-14(7-9-25)28-12-15-5-3-4-10-27-15;/h14-15H,3-13H2,1-2H3,(H,22,23);1H. The van der Waals surface area contributed by atoms with Gasteiger partial charge in [0.2, 0.25) is 5.91 Å². The number of hydrogen-bond donors (Lipinski definition) is 1. The molecule has 0 spiro atoms. The van der Waals surface area contributed by atoms with Crippen LogP contribution in [0.3, 0.4) is 0 Å². The predicted molar refractivity (Wildman–Crippen MR) is 115 cm³/mol. The molecule has 1 amide bonds. The summed E-state index contributed by atoms with van der Waals surface area (Å²) in [6.45, 7) is 1.36. The highest BCUT2D eigenvalue weighted by Gasteiger charge is 2.31. The van der Waals surface area contributed by atoms with Gasteiger partial charge in [0.1, 0.15) is 6.54 Å². The van der Waals surface area contributed by atoms with E-state index in [9.17, 15) is 18.0 Å². The lowest BCUT2D eigenvalue weighted by Crippen LogP contribution is -2.50. The van der Waals surface area contributed by atoms with Gasteiger partial charge >= 0.3 is 6.18 Å². The molecule has 1 N–H and O–H groups in total. The second kappa shape index (κ2) is 12.8. The van der Waals surface area contributed by atoms with Gasteiger partial charge in [0, 0.05) is 33.8 Å². The largest absolute Gasteiger partial charge is 0.406 e. The van der Waals surface area contributed by atoms with Gasteiger partial charge in [-0.15, -0.1) is 24.0 Å². The van der Waals surface area contributed by atoms with Gasteiger partial charge in [0.25, 0.3) is 0 Å². The van der Waals surface area contributed by atoms with E-state index in [0.29, 0.717) is 30.6 Å². The third kappa shape index (κ3) is 9.69. The maximum Gasteiger partial charge on any atom is 0.406 e. The van der Waals surface area contributed by atoms with Gasteiger partial charge in [0.05, 0.1) is 25.4 Å². The van der Waals surface area contributed by atoms with Crippen molar-refractivity contribution in [3.8, 4) is 0 Å². The number of rotatable bonds is 6. The Morgan fingerprint density at radius 2 is 1.97 bits per heavy atom. The fourth-order valence-electron chi connectivity index (χ4n) is 3.40. The summed E-state index contributed by atoms with van der Waals surface area (Å²) in [5.41, 5.74) is 0. The Hall–Kier alpha value is -0.820. The number of hydrogen-bond acceptors (Lipinski definition) is 4. The fourth-order valence-corrected chi connectivity index (χ4v) is 3.40. The number of ether oxygens (including phenoxy) is 2. The first-order valence-corrected chi connectivity index (χ1v) is 9.78. The minimum Gasteiger partial charge on any atom is -0.376 e. The van der Waals surface area contributed by atoms with Crippen molar-refractivity contribution in [1.29, 1.82) is 0 Å². The molecule has 7 nitrogen and oxygen atoms in total. The lowest BCUT2D eigenvalue weighted by molar-refractivity contribution is -0.157. The summed E-state index contributed by atoms with van der Waals surface area (Å²) in [5, 5.41) is 2.86. The number of amides is 1. The molecule has 2 heterocycles. The zero-order valence-corrected chi connectivity index (χ0v) is 19.4. The highest BCUT2D eigenvalue weighted by molar-refractivity contribution is 14.0. The molecule has 2 aliphatic heterocycles. The predicted octanol–water partition coefficient (Wildman–Crippen LogP) is 2.25. The van der Waals surface area contributed by atoms with Crippen molar-refractivity contribution in [3.63, 3.8) is 0 Å². The molecule has 0 radical (unpaired) electrons. The zero-order valence-electron chi connectivity index (χ0n) is 17.0. The Kier molecular flexibility index (Phi) is 11.6. The molecule has 0 aliphatic carbocycles. The fraction of sp³-hybridized carbons (Fsp3) is 0.889. The summed E-state index contributed by atoms with van der Waals surface area (Å²) in [4.78, 5) is 18.7. The molecular formula is C18H32F3IN4O3. The van der Waals surface area contributed by atoms with Crippen LogP contribution in [-0.2, 0) is 14.3 Å². The molecule has 170 valence electrons. The van der Waals surface area contributed by atoms with E-state index in [4.69, 9.17) is 9.47 Å². The Labute approximate surface area is 187 Å². The van der Waals surface area contributed by atoms with Crippen molar-refractivity contribution < 1.29 is 27.4 Å². The molecular weight excluding hydrogens is 504 g/mol. The molecule has 0 aromatic carbocycles. The minimum atomic E-state index is -4.41. The van der Waals surface area contributed by atoms with Crippen LogP contribution in [0, 0.1) is 0 Å². The molecule has 0 bridgehead atoms. The van der Waals surface area contributed by atoms with Crippen LogP contribution in [0.2, 0.25) is 0 Å². The number of guanidine groups is 1. The topological polar surface area (TPSA) is 66.4 Å². The van der Waals surface area contributed by atoms with Crippen LogP contribution >= 0.6 is 24.0 Å². The molecule has 1 unspecified atom stereocenters. The molecule has 0 saturated carbocycles. The van der Waals surface area contributed by atoms with Crippen LogP contribution in [0.4, 0.5) is 13.2 Å². The monoisotopic (exact) mass is 536 g/mol. The number of aliphatic imine (C=N–C) groups is 1. The highest BCUT2D eigenvalue weighted by atomic mass is 127. The van der Waals surface area contributed by atoms with Crippen LogP contribution in [0.25, 0.3) is 0 Å². The number of nitrogens with zero attached hydrogens (tertiary/aromatic N) is 3. The smallest absolute Gasteiger partial charge is 0.376 e. The van der Waals surface area contributed by atoms with Gasteiger partial charge in [-0.1, -0.05) is 0 Å². The number of piperidine rings is 1. The number of alkyl halides is 3. The third-order valence-corrected chi connectivity index (χ3v) is 4.99. The zero-order chi connectivity index (χ0) is 20.6. The van der Waals surface area contributed by atoms with E-state index in [1.54, 1.807) is 7.05 Å². The number of nitrogens with one attached hydrogen (secondary N) is 1. The summed E-state index contributed by atoms with van der Waals surface area (Å²) in [5.74, 6) is -0.119. The lowest BCUT2D eigenvalue weighted by Gasteiger charge is -2.35. The van der Waals surface area contributed by atoms with Gasteiger partial charge in [-0.3, -0.25) is 9.79 Å². The summed E-state index contributed by atoms with van der Waals surface area (Å²) in [6, 6.07) is 0. The van der Waals surface area contributed by atoms with Crippen molar-refractivity contribution in [2.75, 3.05) is 53.5 Å². The molecule has 0 aromatic rings. The highest BCUT2D eigenvalue weighted by Crippen LogP contribution is 2.18. The van der Waals surface area contributed by atoms with E-state index in [0.717, 1.165) is 39.3 Å². The number of halogens is 4. The summed E-state index contributed by atoms with van der Waals surface area (Å²) in [7, 11) is 2.73. The van der Waals surface area contributed by atoms with E-state index in [-0.39, 0.29) is 42.7 Å². The molecule has 2 fully saturated rings. The van der Waals surface area contributed by atoms with Crippen molar-refractivity contribution >= 4 is 35.8 Å². The Morgan fingerprint density at radius 3 is 2.52 bits per heavy atom. The summed E-state index contributed by atoms with van der Waals surface area (Å²) < 4.78 is 48.8. The Morgan fingerprint density at radius 1 is 1.28 bits per heavy atom. The molecule has 2 rings (SSSR count). The molecule has 0 aromatic heterocycles. The van der Waals surface area contributed by atoms with Crippen molar-refractivity contribution in [2.45, 2.75) is 50.5 Å². The first-order chi connectivity index (χ1) is 13.3. The van der Waals surface area contributed by atoms with E-state index in [2.05, 4.69) is 10.3 Å². The van der Waals surface area contributed by atoms with Gasteiger partial charge in [-0.05, 0) is 32.1 Å². The van der Waals surface area contributed by atoms with E-state index < -0.39 is 18.6 Å². The van der Waals surface area contributed by atoms with Crippen molar-refractivity contribution in [2.24, 2.45) is 4.99 Å². The number of carbonyl (C=O) groups excluding carboxylic acids is 1. The Balaban J connectivity index is 0.00000420. The number of likely N-dealkylation sites (tertiary alicyclic amines) is 1. The van der Waals surface area contributed by atoms with Crippen LogP contribution in [-0.4, -0.2) is 93.5 Å². The van der Waals surface area contributed by atoms with Crippen molar-refractivity contribution in [3.05, 3.63) is 0 Å². The quantitative estimate of drug-likeness (QED) is 0.321. The van der Waals surface area contributed by atoms with Gasteiger partial charge in [-0.25, -0.2) is 0 Å². The number of carbonyl (C=O) groups is 1. The summed E-state index contributed by atoms with van der Waals surface area (Å²) >= 11 is 0. The minimum absolute atomic E-state index is 0. The lowest BCUT2D eigenvalue weighted by atomic mass is 10.1. The van der Waals surface area contributed by atoms with Crippen LogP contribution in [0.5, 0.6) is 0 Å². The molecule has 1 atom stereocenters. The third-order valence-electron chi connectivity index (χ3n) is 4.99. The first-order valence-electron chi connectivity index (χ1n) is 9.78. The van der Waals surface area contributed by atoms with Crippen molar-refractivity contribution in [1.82, 2.24) is 15.1 Å². The molecule has 2 aliphatic rings. The SMILES string of the molecule is CN=C(NCC(=O)N(C)CC(F)(F)F)N1CCC(OCC2CCCCO2)CC1.I. The van der Waals surface area contributed by atoms with Crippen LogP contribution in [0.15, 0.2) is 4.99 Å². The maximum atomic E-state index is 12.4. The average molecular weight is 536 g/mol. The summed E-state index contributed by atoms with van der Waals surface area (Å²) in [6.07, 6.45) is 0.967. The maximum absolute atomic E-state index is 12.4. The average Bonchev–Trinajstić information content (AvgIpc) is 2.67. The van der Waals surface area contributed by atoms with Gasteiger partial charge in [0.15, 0.2) is 5.96 Å². The van der Waals surface area contributed by atoms with Crippen LogP contribution in [0.1, 0.15) is 32.1 Å². The molecule has 29 heavy (non-hydrogen) atoms. The second-order valence-electron chi connectivity index (χ2n) is 7.27. The Bertz CT molecular complexity index is 523. The second-order valence-corrected chi connectivity index (χ2v) is 7.27. The number of likely N-dealkylation sites (N-methyl/N-ethyl adjacent to an activating group) is 1. The normalized spacial score (nSPS) is 21.5. The molecule has 11 heteroatoms. The van der Waals surface area contributed by atoms with Crippen LogP contribution < -0.4 is 5.32 Å². The molecule has 2 saturated heterocycles. The first kappa shape index (κ1) is 26.2. The van der Waals surface area contributed by atoms with E-state index in [1.807, 2.05) is 4.90 Å². The van der Waals surface area contributed by atoms with E-state index in [1.165, 1.54) is 6.42 Å².